The number of nitriles is 2. The number of hydrogen-bond acceptors (Lipinski definition) is 15. The van der Waals surface area contributed by atoms with Crippen LogP contribution in [0.4, 0.5) is 0 Å². The molecule has 3 unspecified atom stereocenters. The summed E-state index contributed by atoms with van der Waals surface area (Å²) in [5, 5.41) is 28.1. The van der Waals surface area contributed by atoms with E-state index >= 15 is 0 Å². The first kappa shape index (κ1) is 34.3. The minimum Gasteiger partial charge on any atom is -0.384 e. The highest BCUT2D eigenvalue weighted by atomic mass is 31.2. The van der Waals surface area contributed by atoms with Crippen LogP contribution in [0.5, 0.6) is 0 Å². The van der Waals surface area contributed by atoms with Crippen molar-refractivity contribution < 1.29 is 46.1 Å². The highest BCUT2D eigenvalue weighted by Crippen LogP contribution is 2.54. The highest BCUT2D eigenvalue weighted by Gasteiger charge is 2.46. The first-order valence-electron chi connectivity index (χ1n) is 13.2. The number of amidine groups is 1. The van der Waals surface area contributed by atoms with E-state index in [4.69, 9.17) is 48.1 Å². The Bertz CT molecular complexity index is 1020. The number of hydrogen-bond donors (Lipinski definition) is 2. The summed E-state index contributed by atoms with van der Waals surface area (Å²) >= 11 is 0. The van der Waals surface area contributed by atoms with Crippen LogP contribution < -0.4 is 5.73 Å². The Morgan fingerprint density at radius 3 is 2.17 bits per heavy atom. The van der Waals surface area contributed by atoms with Crippen molar-refractivity contribution >= 4 is 21.5 Å². The molecule has 0 aromatic heterocycles. The van der Waals surface area contributed by atoms with Crippen LogP contribution in [-0.4, -0.2) is 73.7 Å². The molecule has 0 aromatic rings. The van der Waals surface area contributed by atoms with Gasteiger partial charge in [-0.25, -0.2) is 14.1 Å². The summed E-state index contributed by atoms with van der Waals surface area (Å²) in [6, 6.07) is 3.79. The van der Waals surface area contributed by atoms with E-state index in [0.717, 1.165) is 12.8 Å². The number of phosphoric acid groups is 2. The molecule has 1 saturated heterocycles. The van der Waals surface area contributed by atoms with Crippen molar-refractivity contribution in [3.8, 4) is 12.1 Å². The first-order chi connectivity index (χ1) is 19.2. The van der Waals surface area contributed by atoms with Gasteiger partial charge in [-0.2, -0.15) is 10.5 Å². The lowest BCUT2D eigenvalue weighted by Gasteiger charge is -2.31. The number of nitrogens with two attached hydrogens (primary N) is 1. The van der Waals surface area contributed by atoms with Gasteiger partial charge in [-0.1, -0.05) is 26.7 Å². The van der Waals surface area contributed by atoms with Gasteiger partial charge in [-0.05, 0) is 18.9 Å². The maximum absolute atomic E-state index is 13.5. The number of aliphatic hydroxyl groups is 1. The smallest absolute Gasteiger partial charge is 0.384 e. The Morgan fingerprint density at radius 2 is 1.60 bits per heavy atom. The van der Waals surface area contributed by atoms with Crippen LogP contribution in [0.15, 0.2) is 17.3 Å². The van der Waals surface area contributed by atoms with E-state index in [2.05, 4.69) is 4.99 Å². The number of aliphatic hydroxyl groups excluding tert-OH is 1. The molecule has 15 nitrogen and oxygen atoms in total. The number of aliphatic imine (C=N–C) groups is 1. The van der Waals surface area contributed by atoms with Crippen molar-refractivity contribution in [1.82, 2.24) is 4.90 Å². The summed E-state index contributed by atoms with van der Waals surface area (Å²) in [5.74, 6) is 0.119. The van der Waals surface area contributed by atoms with Gasteiger partial charge in [-0.3, -0.25) is 27.1 Å². The fourth-order valence-electron chi connectivity index (χ4n) is 3.46. The van der Waals surface area contributed by atoms with E-state index in [9.17, 15) is 14.2 Å². The standard InChI is InChI=1S/C23H39N5O10P2/c1-3-5-13-32-39(30,33-15-7-10-24)36-18-20-19(17-22(37-20)28-12-9-21(26)27-23(28)29)38-40(31,34-14-6-4-2)35-16-8-11-25/h9,12,19-20,22-23,29H,3-8,13-18H2,1-2H3,(H2,26,27)/t19-,20+,22+,23?,39?,40?/m0/s1. The Labute approximate surface area is 235 Å². The van der Waals surface area contributed by atoms with Crippen LogP contribution in [0.25, 0.3) is 0 Å². The minimum atomic E-state index is -4.17. The first-order valence-corrected chi connectivity index (χ1v) is 16.1. The Morgan fingerprint density at radius 1 is 1.02 bits per heavy atom. The molecule has 17 heteroatoms. The lowest BCUT2D eigenvalue weighted by molar-refractivity contribution is -0.110. The molecule has 6 atom stereocenters. The molecule has 2 heterocycles. The molecule has 2 aliphatic heterocycles. The summed E-state index contributed by atoms with van der Waals surface area (Å²) < 4.78 is 65.7. The van der Waals surface area contributed by atoms with Gasteiger partial charge in [0, 0.05) is 12.6 Å². The molecule has 226 valence electrons. The van der Waals surface area contributed by atoms with Gasteiger partial charge in [0.2, 0.25) is 6.35 Å². The van der Waals surface area contributed by atoms with Crippen LogP contribution in [0.2, 0.25) is 0 Å². The zero-order valence-corrected chi connectivity index (χ0v) is 24.6. The molecule has 40 heavy (non-hydrogen) atoms. The van der Waals surface area contributed by atoms with Crippen molar-refractivity contribution in [2.75, 3.05) is 33.0 Å². The van der Waals surface area contributed by atoms with E-state index in [-0.39, 0.29) is 58.1 Å². The molecule has 0 spiro atoms. The fraction of sp³-hybridized carbons (Fsp3) is 0.783. The van der Waals surface area contributed by atoms with E-state index < -0.39 is 40.4 Å². The molecule has 1 fully saturated rings. The number of phosphoric ester groups is 2. The van der Waals surface area contributed by atoms with Gasteiger partial charge >= 0.3 is 15.6 Å². The average Bonchev–Trinajstić information content (AvgIpc) is 3.30. The van der Waals surface area contributed by atoms with Crippen molar-refractivity contribution in [1.29, 1.82) is 10.5 Å². The molecular formula is C23H39N5O10P2. The molecule has 0 saturated carbocycles. The third kappa shape index (κ3) is 11.6. The van der Waals surface area contributed by atoms with Crippen molar-refractivity contribution in [3.63, 3.8) is 0 Å². The number of rotatable bonds is 20. The van der Waals surface area contributed by atoms with Gasteiger partial charge in [0.1, 0.15) is 24.3 Å². The molecule has 0 aromatic carbocycles. The van der Waals surface area contributed by atoms with Crippen LogP contribution in [0, 0.1) is 22.7 Å². The van der Waals surface area contributed by atoms with Gasteiger partial charge in [0.05, 0.1) is 58.0 Å². The topological polar surface area (TPSA) is 208 Å². The predicted octanol–water partition coefficient (Wildman–Crippen LogP) is 3.68. The number of ether oxygens (including phenoxy) is 1. The Balaban J connectivity index is 2.23. The summed E-state index contributed by atoms with van der Waals surface area (Å²) in [4.78, 5) is 5.26. The third-order valence-corrected chi connectivity index (χ3v) is 8.53. The molecule has 2 rings (SSSR count). The van der Waals surface area contributed by atoms with E-state index in [1.807, 2.05) is 26.0 Å². The summed E-state index contributed by atoms with van der Waals surface area (Å²) in [6.07, 6.45) is 1.48. The van der Waals surface area contributed by atoms with Gasteiger partial charge in [-0.15, -0.1) is 0 Å². The largest absolute Gasteiger partial charge is 0.475 e. The minimum absolute atomic E-state index is 0.0284. The van der Waals surface area contributed by atoms with Crippen LogP contribution in [0.3, 0.4) is 0 Å². The fourth-order valence-corrected chi connectivity index (χ4v) is 6.10. The van der Waals surface area contributed by atoms with E-state index in [1.165, 1.54) is 17.2 Å². The quantitative estimate of drug-likeness (QED) is 0.149. The van der Waals surface area contributed by atoms with Crippen LogP contribution in [-0.2, 0) is 41.0 Å². The summed E-state index contributed by atoms with van der Waals surface area (Å²) in [5.41, 5.74) is 5.65. The SMILES string of the molecule is CCCCOP(=O)(OCCC#N)OC[C@H]1O[C@@H](N2C=CC(N)=NC2O)C[C@@H]1OP(=O)(OCCC#N)OCCCC. The lowest BCUT2D eigenvalue weighted by Crippen LogP contribution is -2.41. The van der Waals surface area contributed by atoms with Gasteiger partial charge < -0.3 is 20.5 Å². The molecule has 0 radical (unpaired) electrons. The van der Waals surface area contributed by atoms with E-state index in [0.29, 0.717) is 12.8 Å². The third-order valence-electron chi connectivity index (χ3n) is 5.54. The zero-order chi connectivity index (χ0) is 29.4. The summed E-state index contributed by atoms with van der Waals surface area (Å²) in [7, 11) is -8.26. The normalized spacial score (nSPS) is 25.5. The second kappa shape index (κ2) is 17.8. The lowest BCUT2D eigenvalue weighted by atomic mass is 10.2. The number of nitrogens with zero attached hydrogens (tertiary/aromatic N) is 4. The second-order valence-electron chi connectivity index (χ2n) is 8.72. The molecule has 0 bridgehead atoms. The van der Waals surface area contributed by atoms with Crippen molar-refractivity contribution in [3.05, 3.63) is 12.3 Å². The maximum Gasteiger partial charge on any atom is 0.475 e. The van der Waals surface area contributed by atoms with Crippen molar-refractivity contribution in [2.45, 2.75) is 83.6 Å². The Hall–Kier alpha value is -1.87. The average molecular weight is 608 g/mol. The molecule has 0 aliphatic carbocycles. The summed E-state index contributed by atoms with van der Waals surface area (Å²) in [6.45, 7) is 3.31. The number of unbranched alkanes of at least 4 members (excludes halogenated alkanes) is 2. The van der Waals surface area contributed by atoms with E-state index in [1.54, 1.807) is 0 Å². The monoisotopic (exact) mass is 607 g/mol. The van der Waals surface area contributed by atoms with Crippen molar-refractivity contribution in [2.24, 2.45) is 10.7 Å². The van der Waals surface area contributed by atoms with Crippen LogP contribution >= 0.6 is 15.6 Å². The highest BCUT2D eigenvalue weighted by molar-refractivity contribution is 7.48. The predicted molar refractivity (Wildman–Crippen MR) is 142 cm³/mol. The van der Waals surface area contributed by atoms with Gasteiger partial charge in [0.15, 0.2) is 0 Å². The molecule has 2 aliphatic rings. The van der Waals surface area contributed by atoms with Gasteiger partial charge in [0.25, 0.3) is 0 Å². The zero-order valence-electron chi connectivity index (χ0n) is 22.8. The second-order valence-corrected chi connectivity index (χ2v) is 12.0. The Kier molecular flexibility index (Phi) is 15.3. The van der Waals surface area contributed by atoms with Crippen LogP contribution in [0.1, 0.15) is 58.8 Å². The molecular weight excluding hydrogens is 568 g/mol. The molecule has 0 amide bonds. The molecule has 3 N–H and O–H groups in total. The maximum atomic E-state index is 13.5.